The Morgan fingerprint density at radius 1 is 1.18 bits per heavy atom. The quantitative estimate of drug-likeness (QED) is 0.888. The molecule has 1 aliphatic carbocycles. The number of benzene rings is 1. The van der Waals surface area contributed by atoms with Crippen LogP contribution in [0.2, 0.25) is 0 Å². The number of nitrogen functional groups attached to an aromatic ring is 1. The van der Waals surface area contributed by atoms with Gasteiger partial charge >= 0.3 is 0 Å². The largest absolute Gasteiger partial charge is 0.490 e. The van der Waals surface area contributed by atoms with Crippen LogP contribution >= 0.6 is 0 Å². The van der Waals surface area contributed by atoms with Crippen LogP contribution in [-0.2, 0) is 6.42 Å². The van der Waals surface area contributed by atoms with Crippen molar-refractivity contribution in [1.82, 2.24) is 4.98 Å². The second kappa shape index (κ2) is 6.55. The molecule has 0 atom stereocenters. The summed E-state index contributed by atoms with van der Waals surface area (Å²) in [6.07, 6.45) is 7.35. The van der Waals surface area contributed by atoms with Gasteiger partial charge in [-0.2, -0.15) is 0 Å². The van der Waals surface area contributed by atoms with Crippen molar-refractivity contribution in [1.29, 1.82) is 0 Å². The number of rotatable bonds is 4. The Balaban J connectivity index is 1.85. The number of pyridine rings is 1. The molecule has 3 nitrogen and oxygen atoms in total. The first-order valence-electron chi connectivity index (χ1n) is 8.56. The molecule has 0 radical (unpaired) electrons. The van der Waals surface area contributed by atoms with Crippen LogP contribution in [-0.4, -0.2) is 11.1 Å². The fourth-order valence-corrected chi connectivity index (χ4v) is 3.46. The summed E-state index contributed by atoms with van der Waals surface area (Å²) in [6, 6.07) is 8.04. The molecular weight excluding hydrogens is 272 g/mol. The molecule has 0 amide bonds. The predicted molar refractivity (Wildman–Crippen MR) is 92.2 cm³/mol. The second-order valence-electron chi connectivity index (χ2n) is 6.38. The summed E-state index contributed by atoms with van der Waals surface area (Å²) in [5, 5.41) is 0.970. The van der Waals surface area contributed by atoms with Crippen molar-refractivity contribution in [3.63, 3.8) is 0 Å². The van der Waals surface area contributed by atoms with Crippen molar-refractivity contribution in [2.45, 2.75) is 58.5 Å². The molecule has 3 rings (SSSR count). The van der Waals surface area contributed by atoms with Crippen LogP contribution in [0.5, 0.6) is 5.75 Å². The van der Waals surface area contributed by atoms with Crippen molar-refractivity contribution in [2.24, 2.45) is 5.92 Å². The summed E-state index contributed by atoms with van der Waals surface area (Å²) in [7, 11) is 0. The summed E-state index contributed by atoms with van der Waals surface area (Å²) >= 11 is 0. The first-order valence-corrected chi connectivity index (χ1v) is 8.56. The summed E-state index contributed by atoms with van der Waals surface area (Å²) < 4.78 is 6.30. The van der Waals surface area contributed by atoms with E-state index in [1.807, 2.05) is 24.3 Å². The maximum absolute atomic E-state index is 6.30. The Morgan fingerprint density at radius 3 is 2.64 bits per heavy atom. The lowest BCUT2D eigenvalue weighted by Gasteiger charge is -2.28. The van der Waals surface area contributed by atoms with Crippen LogP contribution in [0, 0.1) is 5.92 Å². The molecule has 1 heterocycles. The minimum Gasteiger partial charge on any atom is -0.490 e. The van der Waals surface area contributed by atoms with Crippen LogP contribution in [0.25, 0.3) is 10.9 Å². The molecule has 0 unspecified atom stereocenters. The fraction of sp³-hybridized carbons (Fsp3) is 0.526. The van der Waals surface area contributed by atoms with Gasteiger partial charge in [-0.1, -0.05) is 26.3 Å². The van der Waals surface area contributed by atoms with Gasteiger partial charge in [0.1, 0.15) is 5.75 Å². The molecule has 118 valence electrons. The number of ether oxygens (including phenoxy) is 1. The molecule has 0 aliphatic heterocycles. The van der Waals surface area contributed by atoms with Gasteiger partial charge in [-0.15, -0.1) is 0 Å². The third-order valence-electron chi connectivity index (χ3n) is 4.91. The number of nitrogens with two attached hydrogens (primary N) is 1. The Kier molecular flexibility index (Phi) is 4.51. The minimum absolute atomic E-state index is 0.318. The number of nitrogens with zero attached hydrogens (tertiary/aromatic N) is 1. The highest BCUT2D eigenvalue weighted by molar-refractivity contribution is 5.95. The smallest absolute Gasteiger partial charge is 0.131 e. The standard InChI is InChI=1S/C19H26N2O/c1-3-13-8-10-15(11-9-13)22-18-7-5-6-17-19(18)16(20)12-14(4-2)21-17/h5-7,12-13,15H,3-4,8-11H2,1-2H3,(H2,20,21). The Hall–Kier alpha value is -1.77. The number of anilines is 1. The normalized spacial score (nSPS) is 21.9. The maximum atomic E-state index is 6.30. The van der Waals surface area contributed by atoms with Crippen molar-refractivity contribution >= 4 is 16.6 Å². The average molecular weight is 298 g/mol. The van der Waals surface area contributed by atoms with E-state index < -0.39 is 0 Å². The fourth-order valence-electron chi connectivity index (χ4n) is 3.46. The van der Waals surface area contributed by atoms with Gasteiger partial charge < -0.3 is 10.5 Å². The van der Waals surface area contributed by atoms with Gasteiger partial charge in [-0.25, -0.2) is 0 Å². The highest BCUT2D eigenvalue weighted by Gasteiger charge is 2.22. The zero-order valence-electron chi connectivity index (χ0n) is 13.6. The molecule has 0 bridgehead atoms. The van der Waals surface area contributed by atoms with Gasteiger partial charge in [0.15, 0.2) is 0 Å². The maximum Gasteiger partial charge on any atom is 0.131 e. The summed E-state index contributed by atoms with van der Waals surface area (Å²) in [4.78, 5) is 4.67. The summed E-state index contributed by atoms with van der Waals surface area (Å²) in [5.41, 5.74) is 9.01. The molecule has 0 spiro atoms. The first kappa shape index (κ1) is 15.1. The molecule has 22 heavy (non-hydrogen) atoms. The molecule has 1 fully saturated rings. The SMILES string of the molecule is CCc1cc(N)c2c(OC3CCC(CC)CC3)cccc2n1. The number of aromatic nitrogens is 1. The van der Waals surface area contributed by atoms with Gasteiger partial charge in [0, 0.05) is 11.4 Å². The predicted octanol–water partition coefficient (Wildman–Crippen LogP) is 4.73. The lowest BCUT2D eigenvalue weighted by Crippen LogP contribution is -2.24. The molecule has 2 N–H and O–H groups in total. The second-order valence-corrected chi connectivity index (χ2v) is 6.38. The lowest BCUT2D eigenvalue weighted by molar-refractivity contribution is 0.131. The van der Waals surface area contributed by atoms with E-state index in [0.29, 0.717) is 6.10 Å². The van der Waals surface area contributed by atoms with Gasteiger partial charge in [-0.05, 0) is 56.2 Å². The van der Waals surface area contributed by atoms with E-state index in [1.54, 1.807) is 0 Å². The summed E-state index contributed by atoms with van der Waals surface area (Å²) in [6.45, 7) is 4.38. The van der Waals surface area contributed by atoms with Crippen LogP contribution in [0.1, 0.15) is 51.6 Å². The molecule has 1 aromatic heterocycles. The van der Waals surface area contributed by atoms with Crippen LogP contribution in [0.3, 0.4) is 0 Å². The van der Waals surface area contributed by atoms with E-state index in [4.69, 9.17) is 10.5 Å². The average Bonchev–Trinajstić information content (AvgIpc) is 2.55. The Morgan fingerprint density at radius 2 is 1.95 bits per heavy atom. The number of hydrogen-bond acceptors (Lipinski definition) is 3. The number of hydrogen-bond donors (Lipinski definition) is 1. The molecule has 3 heteroatoms. The van der Waals surface area contributed by atoms with E-state index in [2.05, 4.69) is 18.8 Å². The highest BCUT2D eigenvalue weighted by atomic mass is 16.5. The van der Waals surface area contributed by atoms with Crippen molar-refractivity contribution in [2.75, 3.05) is 5.73 Å². The summed E-state index contributed by atoms with van der Waals surface area (Å²) in [5.74, 6) is 1.77. The van der Waals surface area contributed by atoms with E-state index in [-0.39, 0.29) is 0 Å². The van der Waals surface area contributed by atoms with E-state index in [9.17, 15) is 0 Å². The molecule has 2 aromatic rings. The van der Waals surface area contributed by atoms with Crippen LogP contribution in [0.4, 0.5) is 5.69 Å². The molecule has 1 aromatic carbocycles. The Bertz CT molecular complexity index is 645. The first-order chi connectivity index (χ1) is 10.7. The third kappa shape index (κ3) is 3.03. The number of fused-ring (bicyclic) bond motifs is 1. The Labute approximate surface area is 132 Å². The van der Waals surface area contributed by atoms with Crippen molar-refractivity contribution < 1.29 is 4.74 Å². The van der Waals surface area contributed by atoms with Crippen molar-refractivity contribution in [3.05, 3.63) is 30.0 Å². The minimum atomic E-state index is 0.318. The topological polar surface area (TPSA) is 48.1 Å². The molecule has 1 saturated carbocycles. The van der Waals surface area contributed by atoms with Crippen LogP contribution < -0.4 is 10.5 Å². The highest BCUT2D eigenvalue weighted by Crippen LogP contribution is 2.34. The number of aryl methyl sites for hydroxylation is 1. The van der Waals surface area contributed by atoms with Gasteiger partial charge in [0.05, 0.1) is 17.0 Å². The lowest BCUT2D eigenvalue weighted by atomic mass is 9.86. The van der Waals surface area contributed by atoms with Crippen LogP contribution in [0.15, 0.2) is 24.3 Å². The molecule has 1 aliphatic rings. The zero-order valence-corrected chi connectivity index (χ0v) is 13.6. The molecular formula is C19H26N2O. The monoisotopic (exact) mass is 298 g/mol. The van der Waals surface area contributed by atoms with E-state index >= 15 is 0 Å². The van der Waals surface area contributed by atoms with Gasteiger partial charge in [-0.3, -0.25) is 4.98 Å². The third-order valence-corrected chi connectivity index (χ3v) is 4.91. The zero-order chi connectivity index (χ0) is 15.5. The molecule has 0 saturated heterocycles. The van der Waals surface area contributed by atoms with E-state index in [0.717, 1.165) is 53.2 Å². The van der Waals surface area contributed by atoms with Gasteiger partial charge in [0.25, 0.3) is 0 Å². The van der Waals surface area contributed by atoms with Gasteiger partial charge in [0.2, 0.25) is 0 Å². The van der Waals surface area contributed by atoms with Crippen molar-refractivity contribution in [3.8, 4) is 5.75 Å². The van der Waals surface area contributed by atoms with E-state index in [1.165, 1.54) is 19.3 Å².